The van der Waals surface area contributed by atoms with Crippen molar-refractivity contribution >= 4 is 0 Å². The lowest BCUT2D eigenvalue weighted by molar-refractivity contribution is 0.468. The zero-order valence-corrected chi connectivity index (χ0v) is 29.3. The maximum Gasteiger partial charge on any atom is 0.136 e. The number of benzene rings is 8. The quantitative estimate of drug-likeness (QED) is 0.111. The van der Waals surface area contributed by atoms with Crippen LogP contribution in [-0.2, 0) is 0 Å². The van der Waals surface area contributed by atoms with Crippen LogP contribution in [0.5, 0.6) is 57.5 Å². The smallest absolute Gasteiger partial charge is 0.136 e. The Balaban J connectivity index is 1.39. The predicted molar refractivity (Wildman–Crippen MR) is 214 cm³/mol. The maximum atomic E-state index is 10.3. The number of phenolic OH excluding ortho intramolecular Hbond substituents is 4. The molecular formula is C48H34O7. The average molecular weight is 723 g/mol. The predicted octanol–water partition coefficient (Wildman–Crippen LogP) is 12.6. The van der Waals surface area contributed by atoms with Gasteiger partial charge in [-0.1, -0.05) is 84.9 Å². The van der Waals surface area contributed by atoms with Crippen LogP contribution in [0.2, 0.25) is 0 Å². The fourth-order valence-electron chi connectivity index (χ4n) is 6.48. The van der Waals surface area contributed by atoms with Gasteiger partial charge in [0.05, 0.1) is 0 Å². The molecule has 0 radical (unpaired) electrons. The first-order valence-corrected chi connectivity index (χ1v) is 17.5. The van der Waals surface area contributed by atoms with E-state index in [1.807, 2.05) is 133 Å². The molecule has 0 atom stereocenters. The molecule has 0 saturated heterocycles. The van der Waals surface area contributed by atoms with E-state index < -0.39 is 0 Å². The van der Waals surface area contributed by atoms with Gasteiger partial charge in [-0.25, -0.2) is 0 Å². The lowest BCUT2D eigenvalue weighted by Crippen LogP contribution is -1.99. The minimum atomic E-state index is 0.108. The van der Waals surface area contributed by atoms with Gasteiger partial charge in [0.25, 0.3) is 0 Å². The fourth-order valence-corrected chi connectivity index (χ4v) is 6.48. The Hall–Kier alpha value is -7.64. The van der Waals surface area contributed by atoms with Gasteiger partial charge in [-0.3, -0.25) is 0 Å². The minimum absolute atomic E-state index is 0.108. The second-order valence-corrected chi connectivity index (χ2v) is 12.7. The normalized spacial score (nSPS) is 10.8. The third-order valence-corrected chi connectivity index (χ3v) is 9.04. The molecule has 0 heterocycles. The molecule has 0 fully saturated rings. The summed E-state index contributed by atoms with van der Waals surface area (Å²) >= 11 is 0. The Morgan fingerprint density at radius 1 is 0.236 bits per heavy atom. The highest BCUT2D eigenvalue weighted by atomic mass is 16.5. The second-order valence-electron chi connectivity index (χ2n) is 12.7. The molecule has 8 aromatic rings. The zero-order valence-electron chi connectivity index (χ0n) is 29.3. The molecule has 7 nitrogen and oxygen atoms in total. The monoisotopic (exact) mass is 722 g/mol. The molecule has 0 saturated carbocycles. The van der Waals surface area contributed by atoms with Crippen molar-refractivity contribution in [2.45, 2.75) is 0 Å². The van der Waals surface area contributed by atoms with Crippen LogP contribution in [0.15, 0.2) is 182 Å². The number of para-hydroxylation sites is 2. The van der Waals surface area contributed by atoms with Crippen molar-refractivity contribution in [1.82, 2.24) is 0 Å². The first-order chi connectivity index (χ1) is 26.9. The van der Waals surface area contributed by atoms with Crippen molar-refractivity contribution in [2.24, 2.45) is 0 Å². The van der Waals surface area contributed by atoms with Gasteiger partial charge in [0, 0.05) is 22.3 Å². The Bertz CT molecular complexity index is 2370. The summed E-state index contributed by atoms with van der Waals surface area (Å²) in [5, 5.41) is 41.1. The number of rotatable bonds is 10. The lowest BCUT2D eigenvalue weighted by Gasteiger charge is -2.23. The summed E-state index contributed by atoms with van der Waals surface area (Å²) in [4.78, 5) is 0. The number of hydrogen-bond acceptors (Lipinski definition) is 7. The van der Waals surface area contributed by atoms with E-state index in [2.05, 4.69) is 0 Å². The molecule has 0 unspecified atom stereocenters. The van der Waals surface area contributed by atoms with Crippen LogP contribution in [0.4, 0.5) is 0 Å². The lowest BCUT2D eigenvalue weighted by atomic mass is 9.91. The minimum Gasteiger partial charge on any atom is -0.508 e. The molecular weight excluding hydrogens is 689 g/mol. The van der Waals surface area contributed by atoms with Gasteiger partial charge in [0.15, 0.2) is 0 Å². The van der Waals surface area contributed by atoms with Gasteiger partial charge in [0.2, 0.25) is 0 Å². The van der Waals surface area contributed by atoms with Gasteiger partial charge in [-0.15, -0.1) is 0 Å². The van der Waals surface area contributed by atoms with Gasteiger partial charge >= 0.3 is 0 Å². The average Bonchev–Trinajstić information content (AvgIpc) is 3.21. The number of ether oxygens (including phenoxy) is 3. The highest BCUT2D eigenvalue weighted by Gasteiger charge is 2.25. The largest absolute Gasteiger partial charge is 0.508 e. The molecule has 7 heteroatoms. The number of hydrogen-bond donors (Lipinski definition) is 4. The highest BCUT2D eigenvalue weighted by molar-refractivity contribution is 5.94. The van der Waals surface area contributed by atoms with E-state index in [0.717, 1.165) is 22.3 Å². The van der Waals surface area contributed by atoms with E-state index in [1.165, 1.54) is 0 Å². The molecule has 55 heavy (non-hydrogen) atoms. The van der Waals surface area contributed by atoms with Crippen LogP contribution in [0.1, 0.15) is 0 Å². The summed E-state index contributed by atoms with van der Waals surface area (Å²) in [5.74, 6) is 3.75. The summed E-state index contributed by atoms with van der Waals surface area (Å²) in [7, 11) is 0. The van der Waals surface area contributed by atoms with Crippen LogP contribution >= 0.6 is 0 Å². The molecule has 0 aromatic heterocycles. The van der Waals surface area contributed by atoms with Crippen molar-refractivity contribution in [2.75, 3.05) is 0 Å². The van der Waals surface area contributed by atoms with Crippen molar-refractivity contribution in [3.8, 4) is 102 Å². The number of aromatic hydroxyl groups is 4. The summed E-state index contributed by atoms with van der Waals surface area (Å²) in [6.07, 6.45) is 0. The van der Waals surface area contributed by atoms with Crippen molar-refractivity contribution in [1.29, 1.82) is 0 Å². The molecule has 0 aliphatic heterocycles. The van der Waals surface area contributed by atoms with Crippen LogP contribution in [0.3, 0.4) is 0 Å². The first-order valence-electron chi connectivity index (χ1n) is 17.5. The molecule has 0 amide bonds. The van der Waals surface area contributed by atoms with E-state index in [4.69, 9.17) is 14.2 Å². The van der Waals surface area contributed by atoms with Crippen molar-refractivity contribution in [3.05, 3.63) is 182 Å². The van der Waals surface area contributed by atoms with Gasteiger partial charge < -0.3 is 34.6 Å². The summed E-state index contributed by atoms with van der Waals surface area (Å²) < 4.78 is 20.1. The Labute approximate surface area is 317 Å². The molecule has 0 spiro atoms. The SMILES string of the molecule is Oc1ccc(-c2c(Oc3ccccc3)ccc(Oc3ccc(Oc4ccccc4)c(-c4ccc(O)cc4)c3-c3ccc(O)cc3)c2-c2ccc(O)cc2)cc1. The summed E-state index contributed by atoms with van der Waals surface area (Å²) in [6.45, 7) is 0. The van der Waals surface area contributed by atoms with Crippen LogP contribution in [-0.4, -0.2) is 20.4 Å². The molecule has 0 aliphatic rings. The molecule has 0 bridgehead atoms. The standard InChI is InChI=1S/C48H34O7/c49-35-19-11-31(12-20-35)45-41(53-39-7-3-1-4-8-39)27-29-43(47(45)33-15-23-37(51)24-16-33)55-44-30-28-42(54-40-9-5-2-6-10-40)46(32-13-21-36(50)22-14-32)48(44)34-17-25-38(52)26-18-34/h1-30,49-52H. The third-order valence-electron chi connectivity index (χ3n) is 9.04. The van der Waals surface area contributed by atoms with Crippen molar-refractivity contribution in [3.63, 3.8) is 0 Å². The molecule has 0 aliphatic carbocycles. The van der Waals surface area contributed by atoms with Crippen LogP contribution < -0.4 is 14.2 Å². The molecule has 268 valence electrons. The highest BCUT2D eigenvalue weighted by Crippen LogP contribution is 2.52. The van der Waals surface area contributed by atoms with E-state index in [1.54, 1.807) is 48.5 Å². The Morgan fingerprint density at radius 3 is 0.727 bits per heavy atom. The number of phenols is 4. The first kappa shape index (κ1) is 34.4. The Morgan fingerprint density at radius 2 is 0.473 bits per heavy atom. The van der Waals surface area contributed by atoms with Gasteiger partial charge in [0.1, 0.15) is 57.5 Å². The van der Waals surface area contributed by atoms with Crippen LogP contribution in [0, 0.1) is 0 Å². The van der Waals surface area contributed by atoms with Crippen molar-refractivity contribution < 1.29 is 34.6 Å². The zero-order chi connectivity index (χ0) is 37.7. The van der Waals surface area contributed by atoms with E-state index in [-0.39, 0.29) is 23.0 Å². The topological polar surface area (TPSA) is 109 Å². The van der Waals surface area contributed by atoms with Gasteiger partial charge in [-0.2, -0.15) is 0 Å². The fraction of sp³-hybridized carbons (Fsp3) is 0. The van der Waals surface area contributed by atoms with Crippen LogP contribution in [0.25, 0.3) is 44.5 Å². The Kier molecular flexibility index (Phi) is 9.49. The molecule has 8 aromatic carbocycles. The molecule has 4 N–H and O–H groups in total. The second kappa shape index (κ2) is 15.1. The van der Waals surface area contributed by atoms with Gasteiger partial charge in [-0.05, 0) is 119 Å². The summed E-state index contributed by atoms with van der Waals surface area (Å²) in [5.41, 5.74) is 5.73. The van der Waals surface area contributed by atoms with E-state index in [0.29, 0.717) is 56.8 Å². The van der Waals surface area contributed by atoms with E-state index >= 15 is 0 Å². The summed E-state index contributed by atoms with van der Waals surface area (Å²) in [6, 6.07) is 53.8. The van der Waals surface area contributed by atoms with E-state index in [9.17, 15) is 20.4 Å². The maximum absolute atomic E-state index is 10.3. The molecule has 8 rings (SSSR count). The third kappa shape index (κ3) is 7.49.